The first-order chi connectivity index (χ1) is 12.5. The van der Waals surface area contributed by atoms with Crippen molar-refractivity contribution in [2.24, 2.45) is 5.92 Å². The molecule has 2 atom stereocenters. The lowest BCUT2D eigenvalue weighted by Gasteiger charge is -2.27. The zero-order chi connectivity index (χ0) is 20.6. The molecule has 0 radical (unpaired) electrons. The minimum absolute atomic E-state index is 0.0665. The number of aliphatic hydroxyl groups excluding tert-OH is 1. The second kappa shape index (κ2) is 10.4. The third-order valence-electron chi connectivity index (χ3n) is 3.83. The number of carbonyl (C=O) groups excluding carboxylic acids is 2. The number of hydrogen-bond acceptors (Lipinski definition) is 7. The average molecular weight is 380 g/mol. The maximum Gasteiger partial charge on any atom is 0.320 e. The molecule has 7 heteroatoms. The van der Waals surface area contributed by atoms with E-state index in [1.165, 1.54) is 6.92 Å². The van der Waals surface area contributed by atoms with E-state index in [1.54, 1.807) is 18.2 Å². The number of rotatable bonds is 9. The smallest absolute Gasteiger partial charge is 0.320 e. The molecule has 0 unspecified atom stereocenters. The molecule has 1 aromatic rings. The number of carbonyl (C=O) groups is 2. The molecular formula is C20H32N2O5. The van der Waals surface area contributed by atoms with E-state index in [0.717, 1.165) is 0 Å². The van der Waals surface area contributed by atoms with Crippen LogP contribution in [-0.4, -0.2) is 40.2 Å². The molecule has 1 rings (SSSR count). The van der Waals surface area contributed by atoms with Gasteiger partial charge in [0, 0.05) is 19.4 Å². The summed E-state index contributed by atoms with van der Waals surface area (Å²) in [6.45, 7) is 10.7. The third kappa shape index (κ3) is 8.97. The van der Waals surface area contributed by atoms with Gasteiger partial charge in [0.15, 0.2) is 0 Å². The number of hydrogen-bond donors (Lipinski definition) is 2. The lowest BCUT2D eigenvalue weighted by Crippen LogP contribution is -2.41. The molecule has 0 aliphatic heterocycles. The number of aromatic nitrogens is 1. The first-order valence-corrected chi connectivity index (χ1v) is 9.21. The summed E-state index contributed by atoms with van der Waals surface area (Å²) in [7, 11) is 0. The van der Waals surface area contributed by atoms with E-state index < -0.39 is 17.7 Å². The van der Waals surface area contributed by atoms with Crippen molar-refractivity contribution >= 4 is 11.9 Å². The Morgan fingerprint density at radius 1 is 1.26 bits per heavy atom. The highest BCUT2D eigenvalue weighted by Crippen LogP contribution is 2.24. The van der Waals surface area contributed by atoms with Gasteiger partial charge in [-0.3, -0.25) is 14.6 Å². The largest absolute Gasteiger partial charge is 0.459 e. The fourth-order valence-corrected chi connectivity index (χ4v) is 2.61. The fourth-order valence-electron chi connectivity index (χ4n) is 2.61. The Bertz CT molecular complexity index is 625. The van der Waals surface area contributed by atoms with Crippen molar-refractivity contribution in [2.75, 3.05) is 6.54 Å². The number of ether oxygens (including phenoxy) is 2. The van der Waals surface area contributed by atoms with E-state index in [-0.39, 0.29) is 31.1 Å². The van der Waals surface area contributed by atoms with Gasteiger partial charge in [-0.1, -0.05) is 19.9 Å². The summed E-state index contributed by atoms with van der Waals surface area (Å²) >= 11 is 0. The molecule has 1 heterocycles. The zero-order valence-electron chi connectivity index (χ0n) is 17.1. The first-order valence-electron chi connectivity index (χ1n) is 9.21. The monoisotopic (exact) mass is 380 g/mol. The van der Waals surface area contributed by atoms with Crippen LogP contribution < -0.4 is 5.32 Å². The molecule has 0 fully saturated rings. The standard InChI is InChI=1S/C20H32N2O5/c1-13(2)17(21-11-19(25)27-20(4,5)6)10-18(26-14(3)24)16-9-7-8-15(12-23)22-16/h7-9,13,17-18,21,23H,10-12H2,1-6H3/t17-,18-/m1/s1. The van der Waals surface area contributed by atoms with Gasteiger partial charge in [-0.15, -0.1) is 0 Å². The van der Waals surface area contributed by atoms with E-state index in [0.29, 0.717) is 17.8 Å². The molecule has 2 N–H and O–H groups in total. The van der Waals surface area contributed by atoms with Gasteiger partial charge in [0.05, 0.1) is 24.5 Å². The third-order valence-corrected chi connectivity index (χ3v) is 3.83. The number of esters is 2. The van der Waals surface area contributed by atoms with Gasteiger partial charge in [0.1, 0.15) is 11.7 Å². The molecule has 1 aromatic heterocycles. The van der Waals surface area contributed by atoms with Crippen LogP contribution in [0.4, 0.5) is 0 Å². The summed E-state index contributed by atoms with van der Waals surface area (Å²) in [6.07, 6.45) is -0.130. The van der Waals surface area contributed by atoms with E-state index in [2.05, 4.69) is 10.3 Å². The second-order valence-electron chi connectivity index (χ2n) is 7.86. The second-order valence-corrected chi connectivity index (χ2v) is 7.86. The van der Waals surface area contributed by atoms with E-state index in [1.807, 2.05) is 34.6 Å². The van der Waals surface area contributed by atoms with Crippen LogP contribution in [0.3, 0.4) is 0 Å². The van der Waals surface area contributed by atoms with Crippen LogP contribution in [0.25, 0.3) is 0 Å². The van der Waals surface area contributed by atoms with Gasteiger partial charge in [-0.05, 0) is 38.8 Å². The van der Waals surface area contributed by atoms with Crippen LogP contribution in [-0.2, 0) is 25.7 Å². The molecule has 0 saturated carbocycles. The maximum absolute atomic E-state index is 12.0. The fraction of sp³-hybridized carbons (Fsp3) is 0.650. The quantitative estimate of drug-likeness (QED) is 0.635. The SMILES string of the molecule is CC(=O)O[C@H](C[C@@H](NCC(=O)OC(C)(C)C)C(C)C)c1cccc(CO)n1. The van der Waals surface area contributed by atoms with Gasteiger partial charge >= 0.3 is 11.9 Å². The lowest BCUT2D eigenvalue weighted by molar-refractivity contribution is -0.154. The Hall–Kier alpha value is -1.99. The summed E-state index contributed by atoms with van der Waals surface area (Å²) in [5.41, 5.74) is 0.537. The van der Waals surface area contributed by atoms with Crippen molar-refractivity contribution in [3.8, 4) is 0 Å². The molecule has 0 amide bonds. The van der Waals surface area contributed by atoms with E-state index in [4.69, 9.17) is 9.47 Å². The Balaban J connectivity index is 2.87. The highest BCUT2D eigenvalue weighted by Gasteiger charge is 2.25. The van der Waals surface area contributed by atoms with Crippen molar-refractivity contribution in [1.29, 1.82) is 0 Å². The zero-order valence-corrected chi connectivity index (χ0v) is 17.1. The molecule has 0 aromatic carbocycles. The summed E-state index contributed by atoms with van der Waals surface area (Å²) in [6, 6.07) is 5.14. The number of aliphatic hydroxyl groups is 1. The topological polar surface area (TPSA) is 97.8 Å². The Kier molecular flexibility index (Phi) is 8.85. The highest BCUT2D eigenvalue weighted by atomic mass is 16.6. The molecule has 0 saturated heterocycles. The predicted molar refractivity (Wildman–Crippen MR) is 102 cm³/mol. The molecule has 0 aliphatic rings. The summed E-state index contributed by atoms with van der Waals surface area (Å²) < 4.78 is 10.8. The Labute approximate surface area is 161 Å². The lowest BCUT2D eigenvalue weighted by atomic mass is 9.96. The minimum Gasteiger partial charge on any atom is -0.459 e. The van der Waals surface area contributed by atoms with Crippen molar-refractivity contribution < 1.29 is 24.2 Å². The van der Waals surface area contributed by atoms with Crippen molar-refractivity contribution in [3.63, 3.8) is 0 Å². The molecule has 0 aliphatic carbocycles. The van der Waals surface area contributed by atoms with Crippen molar-refractivity contribution in [1.82, 2.24) is 10.3 Å². The number of pyridine rings is 1. The van der Waals surface area contributed by atoms with Gasteiger partial charge in [0.25, 0.3) is 0 Å². The van der Waals surface area contributed by atoms with E-state index in [9.17, 15) is 14.7 Å². The first kappa shape index (κ1) is 23.0. The van der Waals surface area contributed by atoms with Crippen LogP contribution in [0, 0.1) is 5.92 Å². The number of nitrogens with one attached hydrogen (secondary N) is 1. The Morgan fingerprint density at radius 2 is 1.93 bits per heavy atom. The van der Waals surface area contributed by atoms with Crippen LogP contribution in [0.5, 0.6) is 0 Å². The van der Waals surface area contributed by atoms with Crippen molar-refractivity contribution in [2.45, 2.75) is 72.3 Å². The highest BCUT2D eigenvalue weighted by molar-refractivity contribution is 5.72. The van der Waals surface area contributed by atoms with Crippen molar-refractivity contribution in [3.05, 3.63) is 29.6 Å². The van der Waals surface area contributed by atoms with Crippen LogP contribution >= 0.6 is 0 Å². The number of nitrogens with zero attached hydrogens (tertiary/aromatic N) is 1. The summed E-state index contributed by atoms with van der Waals surface area (Å²) in [5, 5.41) is 12.5. The normalized spacial score (nSPS) is 13.9. The van der Waals surface area contributed by atoms with Gasteiger partial charge in [-0.2, -0.15) is 0 Å². The average Bonchev–Trinajstić information content (AvgIpc) is 2.55. The van der Waals surface area contributed by atoms with Crippen LogP contribution in [0.2, 0.25) is 0 Å². The summed E-state index contributed by atoms with van der Waals surface area (Å²) in [5.74, 6) is -0.560. The molecular weight excluding hydrogens is 348 g/mol. The van der Waals surface area contributed by atoms with Crippen LogP contribution in [0.1, 0.15) is 65.5 Å². The van der Waals surface area contributed by atoms with Gasteiger partial charge < -0.3 is 19.9 Å². The van der Waals surface area contributed by atoms with E-state index >= 15 is 0 Å². The molecule has 27 heavy (non-hydrogen) atoms. The van der Waals surface area contributed by atoms with Gasteiger partial charge in [-0.25, -0.2) is 0 Å². The molecule has 0 spiro atoms. The molecule has 0 bridgehead atoms. The molecule has 152 valence electrons. The predicted octanol–water partition coefficient (Wildman–Crippen LogP) is 2.52. The minimum atomic E-state index is -0.576. The molecule has 7 nitrogen and oxygen atoms in total. The van der Waals surface area contributed by atoms with Crippen LogP contribution in [0.15, 0.2) is 18.2 Å². The Morgan fingerprint density at radius 3 is 2.44 bits per heavy atom. The maximum atomic E-state index is 12.0. The van der Waals surface area contributed by atoms with Gasteiger partial charge in [0.2, 0.25) is 0 Å². The summed E-state index contributed by atoms with van der Waals surface area (Å²) in [4.78, 5) is 27.9.